The summed E-state index contributed by atoms with van der Waals surface area (Å²) in [5.41, 5.74) is -0.463. The Morgan fingerprint density at radius 1 is 1.21 bits per heavy atom. The molecule has 5 aromatic rings. The molecule has 1 saturated carbocycles. The van der Waals surface area contributed by atoms with Crippen molar-refractivity contribution in [2.24, 2.45) is 13.0 Å². The zero-order chi connectivity index (χ0) is 29.8. The lowest BCUT2D eigenvalue weighted by molar-refractivity contribution is -0.910. The van der Waals surface area contributed by atoms with Crippen molar-refractivity contribution >= 4 is 11.6 Å². The van der Waals surface area contributed by atoms with Gasteiger partial charge in [0.25, 0.3) is 5.69 Å². The number of alkyl halides is 3. The van der Waals surface area contributed by atoms with Crippen LogP contribution in [0.15, 0.2) is 49.3 Å². The average Bonchev–Trinajstić information content (AvgIpc) is 3.31. The maximum Gasteiger partial charge on any atom is 0.436 e. The Bertz CT molecular complexity index is 1780. The lowest BCUT2D eigenvalue weighted by atomic mass is 10.0. The second kappa shape index (κ2) is 10.4. The van der Waals surface area contributed by atoms with E-state index >= 15 is 4.39 Å². The van der Waals surface area contributed by atoms with E-state index in [-0.39, 0.29) is 27.6 Å². The van der Waals surface area contributed by atoms with Gasteiger partial charge in [0.15, 0.2) is 17.3 Å². The molecule has 42 heavy (non-hydrogen) atoms. The van der Waals surface area contributed by atoms with Crippen LogP contribution in [0.25, 0.3) is 28.2 Å². The second-order valence-electron chi connectivity index (χ2n) is 9.94. The molecule has 218 valence electrons. The summed E-state index contributed by atoms with van der Waals surface area (Å²) in [5.74, 6) is 0.215. The highest BCUT2D eigenvalue weighted by Gasteiger charge is 2.37. The highest BCUT2D eigenvalue weighted by molar-refractivity contribution is 6.31. The molecule has 6 rings (SSSR count). The van der Waals surface area contributed by atoms with Crippen LogP contribution in [0.4, 0.5) is 17.6 Å². The lowest BCUT2D eigenvalue weighted by Crippen LogP contribution is -2.38. The first kappa shape index (κ1) is 27.6. The van der Waals surface area contributed by atoms with Crippen molar-refractivity contribution in [1.29, 1.82) is 0 Å². The molecule has 0 aliphatic heterocycles. The van der Waals surface area contributed by atoms with Crippen LogP contribution in [0.1, 0.15) is 36.7 Å². The maximum atomic E-state index is 15.6. The van der Waals surface area contributed by atoms with Gasteiger partial charge in [-0.3, -0.25) is 9.89 Å². The third-order valence-corrected chi connectivity index (χ3v) is 7.43. The van der Waals surface area contributed by atoms with E-state index in [9.17, 15) is 18.4 Å². The van der Waals surface area contributed by atoms with Gasteiger partial charge in [-0.05, 0) is 24.5 Å². The van der Waals surface area contributed by atoms with Crippen LogP contribution in [0.2, 0.25) is 5.02 Å². The number of hydrogen-bond donors (Lipinski definition) is 1. The number of ether oxygens (including phenoxy) is 1. The average molecular weight is 605 g/mol. The summed E-state index contributed by atoms with van der Waals surface area (Å²) in [6, 6.07) is 3.59. The highest BCUT2D eigenvalue weighted by atomic mass is 35.5. The normalized spacial score (nSPS) is 14.4. The molecule has 0 spiro atoms. The number of halogens is 5. The summed E-state index contributed by atoms with van der Waals surface area (Å²) in [7, 11) is 3.12. The maximum absolute atomic E-state index is 15.6. The lowest BCUT2D eigenvalue weighted by Gasteiger charge is -2.17. The van der Waals surface area contributed by atoms with E-state index < -0.39 is 23.7 Å². The summed E-state index contributed by atoms with van der Waals surface area (Å²) in [5, 5.41) is 26.3. The van der Waals surface area contributed by atoms with Crippen LogP contribution in [-0.2, 0) is 13.2 Å². The number of methoxy groups -OCH3 is 1. The van der Waals surface area contributed by atoms with Crippen molar-refractivity contribution in [3.8, 4) is 34.0 Å². The van der Waals surface area contributed by atoms with Crippen LogP contribution in [-0.4, -0.2) is 51.9 Å². The standard InChI is InChI=1S/C26H23ClF4N9O2/c1-37-25(32-13-34-37)15-9-33-38(10-15)19(7-14-3-4-14)20-8-21(42-2)16(11-40(20)41)23-18(6-5-17(27)24(23)28)39-12-22(35-36-39)26(29,30)31/h5-6,8-14,19,41H,3-4,7H2,1-2H3/q+1. The zero-order valence-corrected chi connectivity index (χ0v) is 22.9. The Labute approximate surface area is 240 Å². The molecule has 1 fully saturated rings. The molecule has 0 bridgehead atoms. The first-order valence-corrected chi connectivity index (χ1v) is 13.1. The van der Waals surface area contributed by atoms with Crippen molar-refractivity contribution in [2.45, 2.75) is 31.5 Å². The molecular weight excluding hydrogens is 582 g/mol. The van der Waals surface area contributed by atoms with E-state index in [0.29, 0.717) is 30.1 Å². The summed E-state index contributed by atoms with van der Waals surface area (Å²) in [6.45, 7) is 0. The molecule has 16 heteroatoms. The molecule has 1 unspecified atom stereocenters. The van der Waals surface area contributed by atoms with Crippen molar-refractivity contribution < 1.29 is 32.2 Å². The van der Waals surface area contributed by atoms with Crippen LogP contribution in [0.5, 0.6) is 5.75 Å². The largest absolute Gasteiger partial charge is 0.496 e. The number of nitrogens with zero attached hydrogens (tertiary/aromatic N) is 9. The van der Waals surface area contributed by atoms with E-state index in [0.717, 1.165) is 27.8 Å². The van der Waals surface area contributed by atoms with E-state index in [4.69, 9.17) is 16.3 Å². The van der Waals surface area contributed by atoms with Gasteiger partial charge >= 0.3 is 6.18 Å². The molecular formula is C26H23ClF4N9O2+. The van der Waals surface area contributed by atoms with Crippen LogP contribution >= 0.6 is 11.6 Å². The van der Waals surface area contributed by atoms with Gasteiger partial charge in [-0.25, -0.2) is 18.7 Å². The monoisotopic (exact) mass is 604 g/mol. The molecule has 11 nitrogen and oxygen atoms in total. The van der Waals surface area contributed by atoms with Crippen molar-refractivity contribution in [3.05, 3.63) is 71.5 Å². The molecule has 1 aliphatic rings. The predicted molar refractivity (Wildman–Crippen MR) is 138 cm³/mol. The number of hydrogen-bond acceptors (Lipinski definition) is 7. The predicted octanol–water partition coefficient (Wildman–Crippen LogP) is 4.66. The quantitative estimate of drug-likeness (QED) is 0.156. The van der Waals surface area contributed by atoms with Crippen LogP contribution in [0, 0.1) is 11.7 Å². The first-order chi connectivity index (χ1) is 20.0. The van der Waals surface area contributed by atoms with Gasteiger partial charge in [0.2, 0.25) is 6.20 Å². The Balaban J connectivity index is 1.47. The van der Waals surface area contributed by atoms with Gasteiger partial charge in [0.05, 0.1) is 53.0 Å². The Morgan fingerprint density at radius 3 is 2.64 bits per heavy atom. The van der Waals surface area contributed by atoms with E-state index in [1.54, 1.807) is 34.9 Å². The summed E-state index contributed by atoms with van der Waals surface area (Å²) in [4.78, 5) is 4.26. The molecule has 1 aliphatic carbocycles. The fourth-order valence-electron chi connectivity index (χ4n) is 4.86. The SMILES string of the molecule is COc1cc(C(CC2CC2)n2cc(-c3ncnn3C)cn2)[n+](O)cc1-c1c(-n2cc(C(F)(F)F)nn2)ccc(Cl)c1F. The molecule has 0 amide bonds. The van der Waals surface area contributed by atoms with Crippen LogP contribution in [0.3, 0.4) is 0 Å². The zero-order valence-electron chi connectivity index (χ0n) is 22.2. The van der Waals surface area contributed by atoms with E-state index in [2.05, 4.69) is 25.5 Å². The fourth-order valence-corrected chi connectivity index (χ4v) is 5.02. The molecule has 4 aromatic heterocycles. The highest BCUT2D eigenvalue weighted by Crippen LogP contribution is 2.42. The molecule has 1 aromatic carbocycles. The topological polar surface area (TPSA) is 113 Å². The number of rotatable bonds is 8. The third kappa shape index (κ3) is 5.04. The van der Waals surface area contributed by atoms with Gasteiger partial charge in [0.1, 0.15) is 18.1 Å². The molecule has 4 heterocycles. The van der Waals surface area contributed by atoms with Crippen molar-refractivity contribution in [2.75, 3.05) is 7.11 Å². The number of benzene rings is 1. The minimum atomic E-state index is -4.76. The summed E-state index contributed by atoms with van der Waals surface area (Å²) >= 11 is 6.08. The Kier molecular flexibility index (Phi) is 6.83. The summed E-state index contributed by atoms with van der Waals surface area (Å²) in [6.07, 6.45) is 4.71. The smallest absolute Gasteiger partial charge is 0.436 e. The van der Waals surface area contributed by atoms with E-state index in [1.165, 1.54) is 31.8 Å². The second-order valence-corrected chi connectivity index (χ2v) is 10.3. The minimum absolute atomic E-state index is 0.0215. The fraction of sp³-hybridized carbons (Fsp3) is 0.308. The van der Waals surface area contributed by atoms with Crippen molar-refractivity contribution in [1.82, 2.24) is 39.5 Å². The third-order valence-electron chi connectivity index (χ3n) is 7.14. The van der Waals surface area contributed by atoms with Crippen LogP contribution < -0.4 is 9.47 Å². The molecule has 1 N–H and O–H groups in total. The molecule has 1 atom stereocenters. The minimum Gasteiger partial charge on any atom is -0.496 e. The Morgan fingerprint density at radius 2 is 2.00 bits per heavy atom. The molecule has 0 saturated heterocycles. The van der Waals surface area contributed by atoms with Gasteiger partial charge in [-0.1, -0.05) is 29.7 Å². The first-order valence-electron chi connectivity index (χ1n) is 12.7. The van der Waals surface area contributed by atoms with Gasteiger partial charge in [-0.2, -0.15) is 23.4 Å². The molecule has 0 radical (unpaired) electrons. The van der Waals surface area contributed by atoms with Crippen molar-refractivity contribution in [3.63, 3.8) is 0 Å². The van der Waals surface area contributed by atoms with E-state index in [1.807, 2.05) is 0 Å². The number of aromatic nitrogens is 9. The summed E-state index contributed by atoms with van der Waals surface area (Å²) < 4.78 is 65.9. The number of pyridine rings is 1. The van der Waals surface area contributed by atoms with Gasteiger partial charge in [-0.15, -0.1) is 5.10 Å². The van der Waals surface area contributed by atoms with Gasteiger partial charge < -0.3 is 4.74 Å². The number of aryl methyl sites for hydroxylation is 1. The Hall–Kier alpha value is -4.53. The van der Waals surface area contributed by atoms with Gasteiger partial charge in [0, 0.05) is 18.0 Å².